The Hall–Kier alpha value is -1.09. The molecular formula is C15H23N3. The summed E-state index contributed by atoms with van der Waals surface area (Å²) in [6.07, 6.45) is 3.19. The molecule has 1 aromatic heterocycles. The highest BCUT2D eigenvalue weighted by Crippen LogP contribution is 2.36. The molecule has 1 aromatic rings. The molecule has 2 fully saturated rings. The molecular weight excluding hydrogens is 222 g/mol. The van der Waals surface area contributed by atoms with Crippen molar-refractivity contribution < 1.29 is 0 Å². The first kappa shape index (κ1) is 12.0. The molecule has 0 amide bonds. The average Bonchev–Trinajstić information content (AvgIpc) is 2.52. The second-order valence-corrected chi connectivity index (χ2v) is 5.84. The predicted molar refractivity (Wildman–Crippen MR) is 75.0 cm³/mol. The summed E-state index contributed by atoms with van der Waals surface area (Å²) in [7, 11) is 0. The molecule has 3 rings (SSSR count). The van der Waals surface area contributed by atoms with Gasteiger partial charge in [0.05, 0.1) is 17.5 Å². The largest absolute Gasteiger partial charge is 0.350 e. The van der Waals surface area contributed by atoms with Crippen LogP contribution in [0.4, 0.5) is 5.69 Å². The molecule has 3 nitrogen and oxygen atoms in total. The van der Waals surface area contributed by atoms with Crippen molar-refractivity contribution in [1.82, 2.24) is 9.88 Å². The van der Waals surface area contributed by atoms with Crippen molar-refractivity contribution >= 4 is 5.69 Å². The number of piperidine rings is 1. The topological polar surface area (TPSA) is 19.4 Å². The molecule has 18 heavy (non-hydrogen) atoms. The normalized spacial score (nSPS) is 30.9. The Morgan fingerprint density at radius 2 is 2.06 bits per heavy atom. The number of hydrogen-bond donors (Lipinski definition) is 0. The van der Waals surface area contributed by atoms with Crippen LogP contribution >= 0.6 is 0 Å². The molecule has 98 valence electrons. The Labute approximate surface area is 110 Å². The molecule has 0 aromatic carbocycles. The zero-order valence-corrected chi connectivity index (χ0v) is 11.9. The predicted octanol–water partition coefficient (Wildman–Crippen LogP) is 2.64. The van der Waals surface area contributed by atoms with E-state index in [-0.39, 0.29) is 0 Å². The van der Waals surface area contributed by atoms with Gasteiger partial charge < -0.3 is 4.90 Å². The summed E-state index contributed by atoms with van der Waals surface area (Å²) in [5, 5.41) is 0. The summed E-state index contributed by atoms with van der Waals surface area (Å²) in [5.74, 6) is 0. The van der Waals surface area contributed by atoms with E-state index in [1.807, 2.05) is 0 Å². The molecule has 0 N–H and O–H groups in total. The van der Waals surface area contributed by atoms with Crippen molar-refractivity contribution in [3.8, 4) is 0 Å². The minimum atomic E-state index is 0.527. The van der Waals surface area contributed by atoms with E-state index in [0.29, 0.717) is 12.2 Å². The molecule has 2 saturated heterocycles. The fourth-order valence-corrected chi connectivity index (χ4v) is 3.81. The van der Waals surface area contributed by atoms with Crippen LogP contribution in [-0.4, -0.2) is 35.2 Å². The van der Waals surface area contributed by atoms with Crippen molar-refractivity contribution in [2.75, 3.05) is 18.0 Å². The number of aromatic nitrogens is 1. The zero-order valence-electron chi connectivity index (χ0n) is 11.9. The number of fused-ring (bicyclic) bond motifs is 2. The Balaban J connectivity index is 2.05. The summed E-state index contributed by atoms with van der Waals surface area (Å²) in [6, 6.07) is 2.91. The van der Waals surface area contributed by atoms with Crippen molar-refractivity contribution in [2.24, 2.45) is 0 Å². The first-order chi connectivity index (χ1) is 8.58. The molecule has 2 aliphatic rings. The Kier molecular flexibility index (Phi) is 2.81. The number of aryl methyl sites for hydroxylation is 3. The first-order valence-corrected chi connectivity index (χ1v) is 7.05. The third kappa shape index (κ3) is 1.72. The molecule has 0 aliphatic carbocycles. The summed E-state index contributed by atoms with van der Waals surface area (Å²) in [5.41, 5.74) is 5.07. The molecule has 3 heteroatoms. The van der Waals surface area contributed by atoms with Gasteiger partial charge in [0.15, 0.2) is 0 Å². The number of pyridine rings is 1. The fraction of sp³-hybridized carbons (Fsp3) is 0.667. The van der Waals surface area contributed by atoms with Crippen molar-refractivity contribution in [3.63, 3.8) is 0 Å². The first-order valence-electron chi connectivity index (χ1n) is 7.05. The van der Waals surface area contributed by atoms with Gasteiger partial charge in [-0.2, -0.15) is 0 Å². The fourth-order valence-electron chi connectivity index (χ4n) is 3.81. The lowest BCUT2D eigenvalue weighted by atomic mass is 10.1. The Morgan fingerprint density at radius 1 is 1.28 bits per heavy atom. The van der Waals surface area contributed by atoms with Gasteiger partial charge >= 0.3 is 0 Å². The SMILES string of the molecule is Cc1cc(C)c(N2C3CCCN(C3)[C@@H]2C)c(C)n1. The molecule has 2 aliphatic heterocycles. The maximum atomic E-state index is 4.67. The van der Waals surface area contributed by atoms with Crippen LogP contribution in [-0.2, 0) is 0 Å². The molecule has 0 saturated carbocycles. The van der Waals surface area contributed by atoms with Gasteiger partial charge in [-0.1, -0.05) is 0 Å². The van der Waals surface area contributed by atoms with E-state index in [1.54, 1.807) is 0 Å². The van der Waals surface area contributed by atoms with E-state index in [4.69, 9.17) is 0 Å². The lowest BCUT2D eigenvalue weighted by Gasteiger charge is -2.31. The summed E-state index contributed by atoms with van der Waals surface area (Å²) >= 11 is 0. The van der Waals surface area contributed by atoms with Gasteiger partial charge in [-0.3, -0.25) is 9.88 Å². The number of hydrogen-bond acceptors (Lipinski definition) is 3. The lowest BCUT2D eigenvalue weighted by Crippen LogP contribution is -2.37. The number of anilines is 1. The molecule has 2 bridgehead atoms. The summed E-state index contributed by atoms with van der Waals surface area (Å²) in [6.45, 7) is 11.3. The van der Waals surface area contributed by atoms with Crippen LogP contribution in [0.25, 0.3) is 0 Å². The van der Waals surface area contributed by atoms with E-state index in [9.17, 15) is 0 Å². The van der Waals surface area contributed by atoms with Crippen LogP contribution in [0.3, 0.4) is 0 Å². The molecule has 2 unspecified atom stereocenters. The third-order valence-corrected chi connectivity index (χ3v) is 4.50. The van der Waals surface area contributed by atoms with E-state index < -0.39 is 0 Å². The minimum absolute atomic E-state index is 0.527. The second kappa shape index (κ2) is 4.23. The van der Waals surface area contributed by atoms with Crippen LogP contribution in [0.15, 0.2) is 6.07 Å². The van der Waals surface area contributed by atoms with E-state index in [1.165, 1.54) is 42.9 Å². The van der Waals surface area contributed by atoms with Crippen LogP contribution in [0.5, 0.6) is 0 Å². The quantitative estimate of drug-likeness (QED) is 0.758. The van der Waals surface area contributed by atoms with E-state index in [2.05, 4.69) is 48.5 Å². The van der Waals surface area contributed by atoms with Crippen molar-refractivity contribution in [3.05, 3.63) is 23.0 Å². The highest BCUT2D eigenvalue weighted by atomic mass is 15.4. The van der Waals surface area contributed by atoms with Crippen LogP contribution in [0, 0.1) is 20.8 Å². The monoisotopic (exact) mass is 245 g/mol. The van der Waals surface area contributed by atoms with E-state index >= 15 is 0 Å². The smallest absolute Gasteiger partial charge is 0.0797 e. The second-order valence-electron chi connectivity index (χ2n) is 5.84. The van der Waals surface area contributed by atoms with Gasteiger partial charge in [-0.15, -0.1) is 0 Å². The van der Waals surface area contributed by atoms with Gasteiger partial charge in [0.1, 0.15) is 0 Å². The number of rotatable bonds is 1. The maximum Gasteiger partial charge on any atom is 0.0797 e. The van der Waals surface area contributed by atoms with E-state index in [0.717, 1.165) is 5.69 Å². The molecule has 3 atom stereocenters. The number of nitrogens with zero attached hydrogens (tertiary/aromatic N) is 3. The van der Waals surface area contributed by atoms with Gasteiger partial charge in [-0.25, -0.2) is 0 Å². The lowest BCUT2D eigenvalue weighted by molar-refractivity contribution is 0.244. The van der Waals surface area contributed by atoms with Gasteiger partial charge in [0, 0.05) is 24.8 Å². The summed E-state index contributed by atoms with van der Waals surface area (Å²) in [4.78, 5) is 9.89. The van der Waals surface area contributed by atoms with Gasteiger partial charge in [0.25, 0.3) is 0 Å². The van der Waals surface area contributed by atoms with Crippen molar-refractivity contribution in [1.29, 1.82) is 0 Å². The standard InChI is InChI=1S/C15H23N3/c1-10-8-11(2)16-12(3)15(10)18-13(4)17-7-5-6-14(18)9-17/h8,13-14H,5-7,9H2,1-4H3/t13-,14?/m0/s1. The third-order valence-electron chi connectivity index (χ3n) is 4.50. The van der Waals surface area contributed by atoms with Gasteiger partial charge in [-0.05, 0) is 52.2 Å². The van der Waals surface area contributed by atoms with Crippen LogP contribution < -0.4 is 4.90 Å². The van der Waals surface area contributed by atoms with Crippen LogP contribution in [0.1, 0.15) is 36.7 Å². The molecule has 0 spiro atoms. The Morgan fingerprint density at radius 3 is 2.72 bits per heavy atom. The highest BCUT2D eigenvalue weighted by molar-refractivity contribution is 5.59. The minimum Gasteiger partial charge on any atom is -0.350 e. The van der Waals surface area contributed by atoms with Crippen molar-refractivity contribution in [2.45, 2.75) is 52.7 Å². The summed E-state index contributed by atoms with van der Waals surface area (Å²) < 4.78 is 0. The average molecular weight is 245 g/mol. The van der Waals surface area contributed by atoms with Crippen LogP contribution in [0.2, 0.25) is 0 Å². The molecule has 0 radical (unpaired) electrons. The Bertz CT molecular complexity index is 444. The van der Waals surface area contributed by atoms with Gasteiger partial charge in [0.2, 0.25) is 0 Å². The maximum absolute atomic E-state index is 4.67. The highest BCUT2D eigenvalue weighted by Gasteiger charge is 2.40. The molecule has 3 heterocycles. The zero-order chi connectivity index (χ0) is 12.9.